The Labute approximate surface area is 205 Å². The number of aliphatic hydroxyl groups is 1. The summed E-state index contributed by atoms with van der Waals surface area (Å²) < 4.78 is 25.1. The van der Waals surface area contributed by atoms with Crippen LogP contribution in [0.1, 0.15) is 39.8 Å². The van der Waals surface area contributed by atoms with E-state index < -0.39 is 16.8 Å². The minimum absolute atomic E-state index is 0. The number of aliphatic carboxylic acids is 1. The van der Waals surface area contributed by atoms with Crippen LogP contribution in [0.5, 0.6) is 0 Å². The fourth-order valence-corrected chi connectivity index (χ4v) is 3.57. The van der Waals surface area contributed by atoms with Crippen molar-refractivity contribution in [2.75, 3.05) is 12.9 Å². The molecule has 0 saturated carbocycles. The standard InChI is InChI=1S/C20H17FO3S.C2H6O.Ca.2H/c1-12-17(9-13-3-6-15(7-4-13)25(2)24)16-8-5-14(21)10-19(16)18(12)11-20(22)23;1-2-3;;;/h3-10H,11H2,1-2H3,(H,22,23);3H,2H2,1H3;;;/q;;+2;2*-1/b17-9-;;;;. The maximum Gasteiger partial charge on any atom is 2.00 e. The van der Waals surface area contributed by atoms with Crippen LogP contribution >= 0.6 is 0 Å². The number of carboxylic acids is 1. The zero-order valence-corrected chi connectivity index (χ0v) is 19.8. The van der Waals surface area contributed by atoms with E-state index in [-0.39, 0.29) is 59.4 Å². The van der Waals surface area contributed by atoms with Crippen molar-refractivity contribution in [3.8, 4) is 0 Å². The molecule has 1 atom stereocenters. The molecule has 152 valence electrons. The van der Waals surface area contributed by atoms with Crippen molar-refractivity contribution in [3.63, 3.8) is 0 Å². The maximum atomic E-state index is 13.7. The smallest absolute Gasteiger partial charge is 1.00 e. The Kier molecular flexibility index (Phi) is 10.4. The molecule has 2 aromatic carbocycles. The quantitative estimate of drug-likeness (QED) is 0.693. The molecule has 4 nitrogen and oxygen atoms in total. The molecule has 0 radical (unpaired) electrons. The van der Waals surface area contributed by atoms with Crippen LogP contribution in [0.4, 0.5) is 4.39 Å². The van der Waals surface area contributed by atoms with Gasteiger partial charge in [0.25, 0.3) is 0 Å². The first-order valence-electron chi connectivity index (χ1n) is 8.76. The Balaban J connectivity index is 0. The Morgan fingerprint density at radius 2 is 1.76 bits per heavy atom. The van der Waals surface area contributed by atoms with Gasteiger partial charge in [-0.15, -0.1) is 0 Å². The summed E-state index contributed by atoms with van der Waals surface area (Å²) in [4.78, 5) is 11.9. The first-order chi connectivity index (χ1) is 13.3. The second-order valence-corrected chi connectivity index (χ2v) is 7.64. The van der Waals surface area contributed by atoms with E-state index in [0.29, 0.717) is 11.1 Å². The summed E-state index contributed by atoms with van der Waals surface area (Å²) in [6.45, 7) is 3.79. The SMILES string of the molecule is CC1=C(CC(=O)O)c2cc(F)ccc2/C1=C\c1ccc(S(C)=O)cc1.CCO.[Ca+2].[H-].[H-]. The summed E-state index contributed by atoms with van der Waals surface area (Å²) in [6, 6.07) is 11.8. The van der Waals surface area contributed by atoms with Gasteiger partial charge in [0.1, 0.15) is 5.82 Å². The van der Waals surface area contributed by atoms with Crippen molar-refractivity contribution in [2.24, 2.45) is 0 Å². The molecular formula is C22H25CaFO4S. The van der Waals surface area contributed by atoms with Crippen molar-refractivity contribution < 1.29 is 26.5 Å². The van der Waals surface area contributed by atoms with E-state index in [1.807, 2.05) is 25.1 Å². The number of fused-ring (bicyclic) bond motifs is 1. The van der Waals surface area contributed by atoms with E-state index in [0.717, 1.165) is 27.2 Å². The molecule has 0 spiro atoms. The third-order valence-electron chi connectivity index (χ3n) is 4.30. The summed E-state index contributed by atoms with van der Waals surface area (Å²) in [5.74, 6) is -1.33. The van der Waals surface area contributed by atoms with Crippen LogP contribution in [-0.2, 0) is 15.6 Å². The van der Waals surface area contributed by atoms with E-state index in [1.165, 1.54) is 12.1 Å². The molecule has 0 aliphatic heterocycles. The minimum atomic E-state index is -1.04. The molecule has 2 aromatic rings. The number of allylic oxidation sites excluding steroid dienone is 2. The zero-order valence-electron chi connectivity index (χ0n) is 18.7. The van der Waals surface area contributed by atoms with E-state index in [1.54, 1.807) is 31.4 Å². The Hall–Kier alpha value is -1.31. The number of carboxylic acid groups (broad SMARTS) is 1. The Bertz CT molecular complexity index is 976. The van der Waals surface area contributed by atoms with Crippen LogP contribution in [0.2, 0.25) is 0 Å². The molecule has 0 bridgehead atoms. The third kappa shape index (κ3) is 6.59. The monoisotopic (exact) mass is 444 g/mol. The van der Waals surface area contributed by atoms with E-state index >= 15 is 0 Å². The topological polar surface area (TPSA) is 74.6 Å². The van der Waals surface area contributed by atoms with Crippen molar-refractivity contribution in [1.82, 2.24) is 0 Å². The second-order valence-electron chi connectivity index (χ2n) is 6.26. The van der Waals surface area contributed by atoms with E-state index in [4.69, 9.17) is 10.2 Å². The van der Waals surface area contributed by atoms with Gasteiger partial charge in [0.05, 0.1) is 6.42 Å². The number of halogens is 1. The number of carbonyl (C=O) groups is 1. The van der Waals surface area contributed by atoms with Crippen LogP contribution in [0.15, 0.2) is 52.9 Å². The molecular weight excluding hydrogens is 419 g/mol. The van der Waals surface area contributed by atoms with Gasteiger partial charge in [-0.05, 0) is 77.6 Å². The Morgan fingerprint density at radius 3 is 2.28 bits per heavy atom. The molecule has 0 heterocycles. The van der Waals surface area contributed by atoms with Gasteiger partial charge in [0.2, 0.25) is 0 Å². The number of benzene rings is 2. The number of hydrogen-bond acceptors (Lipinski definition) is 3. The number of hydrogen-bond donors (Lipinski definition) is 2. The summed E-state index contributed by atoms with van der Waals surface area (Å²) in [6.07, 6.45) is 3.43. The van der Waals surface area contributed by atoms with E-state index in [9.17, 15) is 13.4 Å². The number of aliphatic hydroxyl groups excluding tert-OH is 1. The van der Waals surface area contributed by atoms with Gasteiger partial charge < -0.3 is 13.1 Å². The summed E-state index contributed by atoms with van der Waals surface area (Å²) >= 11 is 0. The van der Waals surface area contributed by atoms with Crippen LogP contribution in [0.3, 0.4) is 0 Å². The predicted octanol–water partition coefficient (Wildman–Crippen LogP) is 4.21. The second kappa shape index (κ2) is 11.8. The van der Waals surface area contributed by atoms with Crippen molar-refractivity contribution >= 4 is 71.7 Å². The van der Waals surface area contributed by atoms with Crippen molar-refractivity contribution in [1.29, 1.82) is 0 Å². The molecule has 7 heteroatoms. The van der Waals surface area contributed by atoms with Crippen molar-refractivity contribution in [2.45, 2.75) is 25.2 Å². The molecule has 0 fully saturated rings. The van der Waals surface area contributed by atoms with Gasteiger partial charge in [-0.2, -0.15) is 0 Å². The molecule has 2 N–H and O–H groups in total. The molecule has 0 amide bonds. The number of rotatable bonds is 4. The largest absolute Gasteiger partial charge is 2.00 e. The van der Waals surface area contributed by atoms with Crippen LogP contribution < -0.4 is 0 Å². The predicted molar refractivity (Wildman–Crippen MR) is 119 cm³/mol. The molecule has 1 aliphatic rings. The van der Waals surface area contributed by atoms with Crippen LogP contribution in [-0.4, -0.2) is 71.0 Å². The van der Waals surface area contributed by atoms with Gasteiger partial charge in [-0.3, -0.25) is 9.00 Å². The van der Waals surface area contributed by atoms with Gasteiger partial charge >= 0.3 is 43.7 Å². The molecule has 0 aromatic heterocycles. The molecule has 1 unspecified atom stereocenters. The third-order valence-corrected chi connectivity index (χ3v) is 5.24. The molecule has 1 aliphatic carbocycles. The molecule has 29 heavy (non-hydrogen) atoms. The normalized spacial score (nSPS) is 14.6. The first-order valence-corrected chi connectivity index (χ1v) is 10.3. The Morgan fingerprint density at radius 1 is 1.17 bits per heavy atom. The van der Waals surface area contributed by atoms with Gasteiger partial charge in [0, 0.05) is 28.6 Å². The van der Waals surface area contributed by atoms with E-state index in [2.05, 4.69) is 0 Å². The van der Waals surface area contributed by atoms with Gasteiger partial charge in [0.15, 0.2) is 0 Å². The summed E-state index contributed by atoms with van der Waals surface area (Å²) in [5, 5.41) is 16.7. The van der Waals surface area contributed by atoms with Crippen molar-refractivity contribution in [3.05, 3.63) is 70.5 Å². The average Bonchev–Trinajstić information content (AvgIpc) is 2.87. The molecule has 0 saturated heterocycles. The van der Waals surface area contributed by atoms with Crippen LogP contribution in [0, 0.1) is 5.82 Å². The van der Waals surface area contributed by atoms with Gasteiger partial charge in [-0.25, -0.2) is 4.39 Å². The van der Waals surface area contributed by atoms with Crippen LogP contribution in [0.25, 0.3) is 17.2 Å². The summed E-state index contributed by atoms with van der Waals surface area (Å²) in [7, 11) is -1.04. The maximum absolute atomic E-state index is 13.7. The average molecular weight is 445 g/mol. The molecule has 3 rings (SSSR count). The fourth-order valence-electron chi connectivity index (χ4n) is 3.05. The van der Waals surface area contributed by atoms with Gasteiger partial charge in [-0.1, -0.05) is 18.2 Å². The summed E-state index contributed by atoms with van der Waals surface area (Å²) in [5.41, 5.74) is 4.74. The zero-order chi connectivity index (χ0) is 20.8. The first kappa shape index (κ1) is 25.7. The fraction of sp³-hybridized carbons (Fsp3) is 0.227. The minimum Gasteiger partial charge on any atom is -1.00 e.